The summed E-state index contributed by atoms with van der Waals surface area (Å²) < 4.78 is 0. The summed E-state index contributed by atoms with van der Waals surface area (Å²) in [6.07, 6.45) is -0.404. The summed E-state index contributed by atoms with van der Waals surface area (Å²) in [5, 5.41) is 14.8. The Morgan fingerprint density at radius 2 is 2.28 bits per heavy atom. The Morgan fingerprint density at radius 1 is 1.50 bits per heavy atom. The number of carbonyl (C=O) groups excluding carboxylic acids is 2. The van der Waals surface area contributed by atoms with E-state index in [1.54, 1.807) is 12.1 Å². The fourth-order valence-corrected chi connectivity index (χ4v) is 1.82. The van der Waals surface area contributed by atoms with Crippen molar-refractivity contribution in [1.82, 2.24) is 5.32 Å². The maximum atomic E-state index is 11.8. The largest absolute Gasteiger partial charge is 0.384 e. The average molecular weight is 249 g/mol. The average Bonchev–Trinajstić information content (AvgIpc) is 2.82. The second-order valence-electron chi connectivity index (χ2n) is 4.18. The van der Waals surface area contributed by atoms with Gasteiger partial charge < -0.3 is 21.5 Å². The molecule has 0 radical (unpaired) electrons. The van der Waals surface area contributed by atoms with Gasteiger partial charge in [0.15, 0.2) is 0 Å². The normalized spacial score (nSPS) is 14.5. The summed E-state index contributed by atoms with van der Waals surface area (Å²) in [5.74, 6) is -1.20. The van der Waals surface area contributed by atoms with Crippen LogP contribution in [0.25, 0.3) is 0 Å². The first-order chi connectivity index (χ1) is 8.58. The minimum absolute atomic E-state index is 0.182. The second-order valence-corrected chi connectivity index (χ2v) is 4.18. The van der Waals surface area contributed by atoms with Crippen molar-refractivity contribution in [3.05, 3.63) is 29.3 Å². The molecule has 6 nitrogen and oxygen atoms in total. The summed E-state index contributed by atoms with van der Waals surface area (Å²) in [6, 6.07) is 5.38. The molecule has 0 saturated heterocycles. The lowest BCUT2D eigenvalue weighted by molar-refractivity contribution is -0.125. The zero-order valence-electron chi connectivity index (χ0n) is 9.77. The SMILES string of the molecule is NC(=O)C(O)CNC(=O)c1ccc2c(c1)NCC2. The highest BCUT2D eigenvalue weighted by Gasteiger charge is 2.15. The molecule has 0 aromatic heterocycles. The highest BCUT2D eigenvalue weighted by Crippen LogP contribution is 2.22. The number of nitrogens with one attached hydrogen (secondary N) is 2. The molecule has 0 aliphatic carbocycles. The third-order valence-electron chi connectivity index (χ3n) is 2.87. The summed E-state index contributed by atoms with van der Waals surface area (Å²) >= 11 is 0. The Bertz CT molecular complexity index is 487. The number of benzene rings is 1. The van der Waals surface area contributed by atoms with Crippen LogP contribution in [-0.2, 0) is 11.2 Å². The van der Waals surface area contributed by atoms with Gasteiger partial charge in [-0.3, -0.25) is 9.59 Å². The summed E-state index contributed by atoms with van der Waals surface area (Å²) in [6.45, 7) is 0.694. The number of aliphatic hydroxyl groups is 1. The molecule has 6 heteroatoms. The zero-order valence-corrected chi connectivity index (χ0v) is 9.77. The topological polar surface area (TPSA) is 104 Å². The van der Waals surface area contributed by atoms with Crippen LogP contribution in [0.15, 0.2) is 18.2 Å². The molecular weight excluding hydrogens is 234 g/mol. The van der Waals surface area contributed by atoms with E-state index in [1.807, 2.05) is 6.07 Å². The number of hydrogen-bond donors (Lipinski definition) is 4. The van der Waals surface area contributed by atoms with Crippen LogP contribution >= 0.6 is 0 Å². The van der Waals surface area contributed by atoms with Crippen LogP contribution in [0.4, 0.5) is 5.69 Å². The molecule has 1 aliphatic heterocycles. The van der Waals surface area contributed by atoms with Gasteiger partial charge in [-0.25, -0.2) is 0 Å². The Labute approximate surface area is 104 Å². The van der Waals surface area contributed by atoms with E-state index < -0.39 is 12.0 Å². The molecule has 0 bridgehead atoms. The van der Waals surface area contributed by atoms with Crippen LogP contribution < -0.4 is 16.4 Å². The quantitative estimate of drug-likeness (QED) is 0.562. The lowest BCUT2D eigenvalue weighted by atomic mass is 10.1. The maximum Gasteiger partial charge on any atom is 0.251 e. The van der Waals surface area contributed by atoms with Crippen LogP contribution in [0.2, 0.25) is 0 Å². The molecule has 1 aromatic rings. The van der Waals surface area contributed by atoms with E-state index in [2.05, 4.69) is 10.6 Å². The van der Waals surface area contributed by atoms with Gasteiger partial charge in [-0.15, -0.1) is 0 Å². The maximum absolute atomic E-state index is 11.8. The first kappa shape index (κ1) is 12.4. The number of amides is 2. The van der Waals surface area contributed by atoms with Gasteiger partial charge in [0.2, 0.25) is 5.91 Å². The summed E-state index contributed by atoms with van der Waals surface area (Å²) in [7, 11) is 0. The lowest BCUT2D eigenvalue weighted by Gasteiger charge is -2.09. The zero-order chi connectivity index (χ0) is 13.1. The fraction of sp³-hybridized carbons (Fsp3) is 0.333. The van der Waals surface area contributed by atoms with Crippen molar-refractivity contribution in [2.75, 3.05) is 18.4 Å². The van der Waals surface area contributed by atoms with Crippen molar-refractivity contribution in [2.24, 2.45) is 5.73 Å². The van der Waals surface area contributed by atoms with E-state index in [0.29, 0.717) is 5.56 Å². The minimum atomic E-state index is -1.36. The monoisotopic (exact) mass is 249 g/mol. The molecule has 1 heterocycles. The number of hydrogen-bond acceptors (Lipinski definition) is 4. The number of anilines is 1. The van der Waals surface area contributed by atoms with E-state index >= 15 is 0 Å². The van der Waals surface area contributed by atoms with Gasteiger partial charge in [-0.2, -0.15) is 0 Å². The minimum Gasteiger partial charge on any atom is -0.384 e. The van der Waals surface area contributed by atoms with Crippen molar-refractivity contribution < 1.29 is 14.7 Å². The molecule has 1 atom stereocenters. The molecule has 0 spiro atoms. The highest BCUT2D eigenvalue weighted by atomic mass is 16.3. The third kappa shape index (κ3) is 2.60. The molecule has 1 aliphatic rings. The van der Waals surface area contributed by atoms with Crippen molar-refractivity contribution in [2.45, 2.75) is 12.5 Å². The van der Waals surface area contributed by atoms with Gasteiger partial charge in [0.05, 0.1) is 6.54 Å². The number of aliphatic hydroxyl groups excluding tert-OH is 1. The fourth-order valence-electron chi connectivity index (χ4n) is 1.82. The van der Waals surface area contributed by atoms with Gasteiger partial charge in [0, 0.05) is 17.8 Å². The molecule has 2 amide bonds. The Balaban J connectivity index is 1.99. The van der Waals surface area contributed by atoms with Gasteiger partial charge in [0.25, 0.3) is 5.91 Å². The van der Waals surface area contributed by atoms with Crippen molar-refractivity contribution >= 4 is 17.5 Å². The number of nitrogens with two attached hydrogens (primary N) is 1. The van der Waals surface area contributed by atoms with Crippen molar-refractivity contribution in [1.29, 1.82) is 0 Å². The first-order valence-electron chi connectivity index (χ1n) is 5.70. The van der Waals surface area contributed by atoms with E-state index in [9.17, 15) is 14.7 Å². The Morgan fingerprint density at radius 3 is 3.00 bits per heavy atom. The van der Waals surface area contributed by atoms with Gasteiger partial charge in [-0.05, 0) is 24.1 Å². The Hall–Kier alpha value is -2.08. The van der Waals surface area contributed by atoms with Gasteiger partial charge in [-0.1, -0.05) is 6.07 Å². The van der Waals surface area contributed by atoms with Gasteiger partial charge in [0.1, 0.15) is 6.10 Å². The second kappa shape index (κ2) is 5.05. The molecule has 96 valence electrons. The lowest BCUT2D eigenvalue weighted by Crippen LogP contribution is -2.39. The molecule has 1 unspecified atom stereocenters. The predicted octanol–water partition coefficient (Wildman–Crippen LogP) is -0.769. The number of carbonyl (C=O) groups is 2. The molecule has 0 fully saturated rings. The van der Waals surface area contributed by atoms with Crippen LogP contribution in [-0.4, -0.2) is 36.1 Å². The van der Waals surface area contributed by atoms with Crippen molar-refractivity contribution in [3.8, 4) is 0 Å². The van der Waals surface area contributed by atoms with E-state index in [4.69, 9.17) is 5.73 Å². The summed E-state index contributed by atoms with van der Waals surface area (Å²) in [4.78, 5) is 22.4. The number of fused-ring (bicyclic) bond motifs is 1. The van der Waals surface area contributed by atoms with E-state index in [-0.39, 0.29) is 12.5 Å². The number of rotatable bonds is 4. The predicted molar refractivity (Wildman–Crippen MR) is 66.2 cm³/mol. The molecule has 0 saturated carbocycles. The molecule has 18 heavy (non-hydrogen) atoms. The molecular formula is C12H15N3O3. The molecule has 5 N–H and O–H groups in total. The summed E-state index contributed by atoms with van der Waals surface area (Å²) in [5.41, 5.74) is 7.51. The number of primary amides is 1. The van der Waals surface area contributed by atoms with Crippen LogP contribution in [0.5, 0.6) is 0 Å². The Kier molecular flexibility index (Phi) is 3.47. The smallest absolute Gasteiger partial charge is 0.251 e. The standard InChI is InChI=1S/C12H15N3O3/c13-11(17)10(16)6-15-12(18)8-2-1-7-3-4-14-9(7)5-8/h1-2,5,10,14,16H,3-4,6H2,(H2,13,17)(H,15,18). The highest BCUT2D eigenvalue weighted by molar-refractivity contribution is 5.95. The van der Waals surface area contributed by atoms with Crippen LogP contribution in [0.1, 0.15) is 15.9 Å². The van der Waals surface area contributed by atoms with E-state index in [0.717, 1.165) is 18.7 Å². The van der Waals surface area contributed by atoms with E-state index in [1.165, 1.54) is 5.56 Å². The molecule has 1 aromatic carbocycles. The van der Waals surface area contributed by atoms with Crippen LogP contribution in [0, 0.1) is 0 Å². The van der Waals surface area contributed by atoms with Crippen molar-refractivity contribution in [3.63, 3.8) is 0 Å². The van der Waals surface area contributed by atoms with Gasteiger partial charge >= 0.3 is 0 Å². The van der Waals surface area contributed by atoms with Crippen LogP contribution in [0.3, 0.4) is 0 Å². The first-order valence-corrected chi connectivity index (χ1v) is 5.70. The third-order valence-corrected chi connectivity index (χ3v) is 2.87. The molecule has 2 rings (SSSR count).